The molecular weight excluding hydrogens is 308 g/mol. The van der Waals surface area contributed by atoms with Crippen molar-refractivity contribution in [2.24, 2.45) is 17.1 Å². The van der Waals surface area contributed by atoms with Crippen molar-refractivity contribution in [1.29, 1.82) is 0 Å². The number of carbonyl (C=O) groups excluding carboxylic acids is 1. The Morgan fingerprint density at radius 2 is 1.96 bits per heavy atom. The van der Waals surface area contributed by atoms with Gasteiger partial charge in [0.2, 0.25) is 5.91 Å². The highest BCUT2D eigenvalue weighted by Gasteiger charge is 2.38. The molecule has 4 heteroatoms. The van der Waals surface area contributed by atoms with Gasteiger partial charge in [-0.1, -0.05) is 51.4 Å². The predicted molar refractivity (Wildman–Crippen MR) is 96.6 cm³/mol. The molecule has 0 bridgehead atoms. The number of hydrogen-bond donors (Lipinski definition) is 1. The first kappa shape index (κ1) is 18.3. The van der Waals surface area contributed by atoms with Crippen molar-refractivity contribution < 1.29 is 4.79 Å². The van der Waals surface area contributed by atoms with Crippen LogP contribution in [-0.2, 0) is 4.79 Å². The molecule has 2 atom stereocenters. The van der Waals surface area contributed by atoms with Gasteiger partial charge < -0.3 is 10.6 Å². The average Bonchev–Trinajstić information content (AvgIpc) is 2.47. The van der Waals surface area contributed by atoms with Gasteiger partial charge in [0.05, 0.1) is 0 Å². The third kappa shape index (κ3) is 4.48. The fourth-order valence-electron chi connectivity index (χ4n) is 3.45. The maximum Gasteiger partial charge on any atom is 0.224 e. The number of rotatable bonds is 4. The van der Waals surface area contributed by atoms with Crippen molar-refractivity contribution in [2.45, 2.75) is 52.5 Å². The maximum atomic E-state index is 12.5. The first-order valence-electron chi connectivity index (χ1n) is 8.49. The average molecular weight is 337 g/mol. The van der Waals surface area contributed by atoms with Gasteiger partial charge in [0, 0.05) is 30.6 Å². The molecule has 0 radical (unpaired) electrons. The Labute approximate surface area is 145 Å². The highest BCUT2D eigenvalue weighted by atomic mass is 35.5. The number of piperidine rings is 1. The topological polar surface area (TPSA) is 46.3 Å². The molecular formula is C19H29ClN2O. The Balaban J connectivity index is 2.04. The van der Waals surface area contributed by atoms with Gasteiger partial charge in [0.1, 0.15) is 0 Å². The highest BCUT2D eigenvalue weighted by molar-refractivity contribution is 6.30. The summed E-state index contributed by atoms with van der Waals surface area (Å²) in [7, 11) is 0. The standard InChI is InChI=1S/C19H29ClN2O/c1-13(2)17(21)11-18(23)22-10-9-16(19(3,4)12-22)14-5-7-15(20)8-6-14/h5-8,13,16-17H,9-12,21H2,1-4H3. The van der Waals surface area contributed by atoms with Crippen LogP contribution in [0.5, 0.6) is 0 Å². The van der Waals surface area contributed by atoms with Gasteiger partial charge in [0.25, 0.3) is 0 Å². The van der Waals surface area contributed by atoms with E-state index >= 15 is 0 Å². The smallest absolute Gasteiger partial charge is 0.224 e. The molecule has 1 amide bonds. The first-order valence-corrected chi connectivity index (χ1v) is 8.87. The van der Waals surface area contributed by atoms with Gasteiger partial charge in [0.15, 0.2) is 0 Å². The molecule has 3 nitrogen and oxygen atoms in total. The van der Waals surface area contributed by atoms with Gasteiger partial charge >= 0.3 is 0 Å². The van der Waals surface area contributed by atoms with E-state index in [1.165, 1.54) is 5.56 Å². The van der Waals surface area contributed by atoms with Crippen LogP contribution < -0.4 is 5.73 Å². The molecule has 1 aromatic carbocycles. The third-order valence-electron chi connectivity index (χ3n) is 5.12. The summed E-state index contributed by atoms with van der Waals surface area (Å²) in [6, 6.07) is 8.07. The van der Waals surface area contributed by atoms with Crippen LogP contribution in [0.4, 0.5) is 0 Å². The lowest BCUT2D eigenvalue weighted by Crippen LogP contribution is -2.48. The summed E-state index contributed by atoms with van der Waals surface area (Å²) >= 11 is 6.00. The highest BCUT2D eigenvalue weighted by Crippen LogP contribution is 2.42. The third-order valence-corrected chi connectivity index (χ3v) is 5.37. The van der Waals surface area contributed by atoms with E-state index in [0.717, 1.165) is 24.5 Å². The number of likely N-dealkylation sites (tertiary alicyclic amines) is 1. The van der Waals surface area contributed by atoms with Crippen LogP contribution >= 0.6 is 11.6 Å². The van der Waals surface area contributed by atoms with E-state index in [0.29, 0.717) is 18.3 Å². The van der Waals surface area contributed by atoms with Gasteiger partial charge in [-0.2, -0.15) is 0 Å². The summed E-state index contributed by atoms with van der Waals surface area (Å²) in [6.45, 7) is 10.2. The first-order chi connectivity index (χ1) is 10.7. The fraction of sp³-hybridized carbons (Fsp3) is 0.632. The zero-order chi connectivity index (χ0) is 17.2. The fourth-order valence-corrected chi connectivity index (χ4v) is 3.58. The van der Waals surface area contributed by atoms with Gasteiger partial charge in [-0.3, -0.25) is 4.79 Å². The molecule has 0 spiro atoms. The minimum Gasteiger partial charge on any atom is -0.342 e. The van der Waals surface area contributed by atoms with E-state index in [4.69, 9.17) is 17.3 Å². The Morgan fingerprint density at radius 3 is 2.48 bits per heavy atom. The summed E-state index contributed by atoms with van der Waals surface area (Å²) < 4.78 is 0. The Morgan fingerprint density at radius 1 is 1.35 bits per heavy atom. The maximum absolute atomic E-state index is 12.5. The number of carbonyl (C=O) groups is 1. The van der Waals surface area contributed by atoms with Gasteiger partial charge in [-0.05, 0) is 41.4 Å². The molecule has 1 aliphatic rings. The predicted octanol–water partition coefficient (Wildman–Crippen LogP) is 4.06. The lowest BCUT2D eigenvalue weighted by Gasteiger charge is -2.45. The molecule has 2 unspecified atom stereocenters. The number of hydrogen-bond acceptors (Lipinski definition) is 2. The monoisotopic (exact) mass is 336 g/mol. The van der Waals surface area contributed by atoms with Crippen LogP contribution in [0.1, 0.15) is 52.0 Å². The SMILES string of the molecule is CC(C)C(N)CC(=O)N1CCC(c2ccc(Cl)cc2)C(C)(C)C1. The lowest BCUT2D eigenvalue weighted by atomic mass is 9.70. The quantitative estimate of drug-likeness (QED) is 0.901. The molecule has 2 N–H and O–H groups in total. The molecule has 128 valence electrons. The summed E-state index contributed by atoms with van der Waals surface area (Å²) in [5, 5.41) is 0.766. The van der Waals surface area contributed by atoms with Crippen molar-refractivity contribution in [3.05, 3.63) is 34.9 Å². The zero-order valence-corrected chi connectivity index (χ0v) is 15.4. The van der Waals surface area contributed by atoms with Crippen LogP contribution in [0, 0.1) is 11.3 Å². The number of nitrogens with two attached hydrogens (primary N) is 1. The second kappa shape index (κ2) is 7.23. The van der Waals surface area contributed by atoms with Crippen LogP contribution in [0.25, 0.3) is 0 Å². The van der Waals surface area contributed by atoms with Crippen molar-refractivity contribution in [2.75, 3.05) is 13.1 Å². The molecule has 0 saturated carbocycles. The molecule has 2 rings (SSSR count). The van der Waals surface area contributed by atoms with Gasteiger partial charge in [-0.25, -0.2) is 0 Å². The second-order valence-corrected chi connectivity index (χ2v) is 8.25. The summed E-state index contributed by atoms with van der Waals surface area (Å²) in [6.07, 6.45) is 1.43. The van der Waals surface area contributed by atoms with Crippen LogP contribution in [-0.4, -0.2) is 29.9 Å². The number of nitrogens with zero attached hydrogens (tertiary/aromatic N) is 1. The summed E-state index contributed by atoms with van der Waals surface area (Å²) in [5.41, 5.74) is 7.42. The number of benzene rings is 1. The van der Waals surface area contributed by atoms with Crippen LogP contribution in [0.3, 0.4) is 0 Å². The van der Waals surface area contributed by atoms with E-state index < -0.39 is 0 Å². The Bertz CT molecular complexity index is 539. The minimum absolute atomic E-state index is 0.0453. The van der Waals surface area contributed by atoms with Crippen molar-refractivity contribution in [3.63, 3.8) is 0 Å². The van der Waals surface area contributed by atoms with Crippen LogP contribution in [0.2, 0.25) is 5.02 Å². The minimum atomic E-state index is -0.0559. The molecule has 1 fully saturated rings. The molecule has 23 heavy (non-hydrogen) atoms. The normalized spacial score (nSPS) is 22.2. The number of halogens is 1. The van der Waals surface area contributed by atoms with E-state index in [9.17, 15) is 4.79 Å². The lowest BCUT2D eigenvalue weighted by molar-refractivity contribution is -0.135. The van der Waals surface area contributed by atoms with Crippen molar-refractivity contribution in [1.82, 2.24) is 4.90 Å². The van der Waals surface area contributed by atoms with E-state index in [-0.39, 0.29) is 17.4 Å². The Hall–Kier alpha value is -1.06. The molecule has 1 aliphatic heterocycles. The number of amides is 1. The summed E-state index contributed by atoms with van der Waals surface area (Å²) in [5.74, 6) is 0.968. The van der Waals surface area contributed by atoms with Crippen molar-refractivity contribution >= 4 is 17.5 Å². The van der Waals surface area contributed by atoms with Crippen LogP contribution in [0.15, 0.2) is 24.3 Å². The van der Waals surface area contributed by atoms with E-state index in [2.05, 4.69) is 39.8 Å². The zero-order valence-electron chi connectivity index (χ0n) is 14.7. The largest absolute Gasteiger partial charge is 0.342 e. The molecule has 0 aliphatic carbocycles. The Kier molecular flexibility index (Phi) is 5.74. The molecule has 0 aromatic heterocycles. The molecule has 1 heterocycles. The van der Waals surface area contributed by atoms with Gasteiger partial charge in [-0.15, -0.1) is 0 Å². The van der Waals surface area contributed by atoms with E-state index in [1.807, 2.05) is 17.0 Å². The van der Waals surface area contributed by atoms with Crippen molar-refractivity contribution in [3.8, 4) is 0 Å². The summed E-state index contributed by atoms with van der Waals surface area (Å²) in [4.78, 5) is 14.5. The van der Waals surface area contributed by atoms with E-state index in [1.54, 1.807) is 0 Å². The second-order valence-electron chi connectivity index (χ2n) is 7.81. The molecule has 1 aromatic rings. The molecule has 1 saturated heterocycles.